The van der Waals surface area contributed by atoms with Crippen LogP contribution in [-0.2, 0) is 0 Å². The van der Waals surface area contributed by atoms with Crippen molar-refractivity contribution in [3.8, 4) is 0 Å². The highest BCUT2D eigenvalue weighted by molar-refractivity contribution is 6.31. The highest BCUT2D eigenvalue weighted by atomic mass is 35.5. The number of non-ortho nitro benzene ring substituents is 1. The number of hydrogen-bond donors (Lipinski definition) is 2. The second kappa shape index (κ2) is 5.76. The summed E-state index contributed by atoms with van der Waals surface area (Å²) in [6.45, 7) is -0.138. The molecule has 20 heavy (non-hydrogen) atoms. The molecule has 0 bridgehead atoms. The molecule has 1 aliphatic carbocycles. The third kappa shape index (κ3) is 3.08. The maximum absolute atomic E-state index is 12.2. The van der Waals surface area contributed by atoms with Crippen LogP contribution in [-0.4, -0.2) is 28.1 Å². The van der Waals surface area contributed by atoms with Gasteiger partial charge in [0, 0.05) is 22.7 Å². The molecule has 6 nitrogen and oxygen atoms in total. The first-order valence-corrected chi connectivity index (χ1v) is 6.72. The predicted molar refractivity (Wildman–Crippen MR) is 73.9 cm³/mol. The molecular weight excluding hydrogens is 284 g/mol. The molecule has 2 N–H and O–H groups in total. The summed E-state index contributed by atoms with van der Waals surface area (Å²) in [5.41, 5.74) is -0.718. The Hall–Kier alpha value is -1.66. The summed E-state index contributed by atoms with van der Waals surface area (Å²) in [6, 6.07) is 3.75. The maximum atomic E-state index is 12.2. The molecule has 0 aliphatic heterocycles. The summed E-state index contributed by atoms with van der Waals surface area (Å²) in [5.74, 6) is -0.452. The quantitative estimate of drug-likeness (QED) is 0.659. The predicted octanol–water partition coefficient (Wildman–Crippen LogP) is 2.28. The molecule has 0 heterocycles. The monoisotopic (exact) mass is 298 g/mol. The summed E-state index contributed by atoms with van der Waals surface area (Å²) in [4.78, 5) is 22.4. The van der Waals surface area contributed by atoms with Gasteiger partial charge < -0.3 is 10.4 Å². The molecular formula is C13H15ClN2O4. The van der Waals surface area contributed by atoms with Crippen molar-refractivity contribution in [2.24, 2.45) is 0 Å². The van der Waals surface area contributed by atoms with Crippen molar-refractivity contribution in [3.63, 3.8) is 0 Å². The highest BCUT2D eigenvalue weighted by Gasteiger charge is 2.35. The van der Waals surface area contributed by atoms with Gasteiger partial charge in [-0.25, -0.2) is 0 Å². The van der Waals surface area contributed by atoms with Gasteiger partial charge in [0.25, 0.3) is 11.6 Å². The van der Waals surface area contributed by atoms with E-state index < -0.39 is 16.4 Å². The molecule has 0 spiro atoms. The molecule has 0 atom stereocenters. The Morgan fingerprint density at radius 3 is 2.60 bits per heavy atom. The number of nitro groups is 1. The minimum absolute atomic E-state index is 0.129. The van der Waals surface area contributed by atoms with Gasteiger partial charge in [0.2, 0.25) is 0 Å². The lowest BCUT2D eigenvalue weighted by atomic mass is 9.98. The van der Waals surface area contributed by atoms with E-state index in [1.54, 1.807) is 0 Å². The van der Waals surface area contributed by atoms with Crippen molar-refractivity contribution in [3.05, 3.63) is 38.9 Å². The van der Waals surface area contributed by atoms with E-state index >= 15 is 0 Å². The van der Waals surface area contributed by atoms with E-state index in [4.69, 9.17) is 11.6 Å². The lowest BCUT2D eigenvalue weighted by molar-refractivity contribution is -0.384. The number of nitrogens with one attached hydrogen (secondary N) is 1. The first-order valence-electron chi connectivity index (χ1n) is 6.34. The van der Waals surface area contributed by atoms with Gasteiger partial charge >= 0.3 is 0 Å². The first kappa shape index (κ1) is 14.7. The zero-order valence-electron chi connectivity index (χ0n) is 10.8. The van der Waals surface area contributed by atoms with Crippen molar-refractivity contribution < 1.29 is 14.8 Å². The van der Waals surface area contributed by atoms with Gasteiger partial charge in [-0.3, -0.25) is 14.9 Å². The number of aliphatic hydroxyl groups excluding tert-OH is 1. The van der Waals surface area contributed by atoms with Crippen LogP contribution in [0.2, 0.25) is 5.02 Å². The van der Waals surface area contributed by atoms with Crippen molar-refractivity contribution >= 4 is 23.2 Å². The molecule has 1 aliphatic rings. The van der Waals surface area contributed by atoms with Crippen LogP contribution in [0.1, 0.15) is 36.0 Å². The van der Waals surface area contributed by atoms with Crippen molar-refractivity contribution in [2.75, 3.05) is 6.61 Å². The molecule has 0 aromatic heterocycles. The number of nitrogens with zero attached hydrogens (tertiary/aromatic N) is 1. The molecule has 0 unspecified atom stereocenters. The minimum Gasteiger partial charge on any atom is -0.394 e. The molecule has 1 saturated carbocycles. The maximum Gasteiger partial charge on any atom is 0.271 e. The average molecular weight is 299 g/mol. The van der Waals surface area contributed by atoms with Gasteiger partial charge in [-0.1, -0.05) is 24.4 Å². The summed E-state index contributed by atoms with van der Waals surface area (Å²) in [6.07, 6.45) is 3.29. The van der Waals surface area contributed by atoms with Crippen LogP contribution in [0.5, 0.6) is 0 Å². The average Bonchev–Trinajstić information content (AvgIpc) is 2.87. The van der Waals surface area contributed by atoms with Crippen molar-refractivity contribution in [2.45, 2.75) is 31.2 Å². The molecule has 7 heteroatoms. The van der Waals surface area contributed by atoms with Gasteiger partial charge in [-0.15, -0.1) is 0 Å². The zero-order chi connectivity index (χ0) is 14.8. The molecule has 0 saturated heterocycles. The zero-order valence-corrected chi connectivity index (χ0v) is 11.5. The normalized spacial score (nSPS) is 16.9. The van der Waals surface area contributed by atoms with E-state index in [0.717, 1.165) is 12.8 Å². The van der Waals surface area contributed by atoms with Crippen LogP contribution in [0.25, 0.3) is 0 Å². The Kier molecular flexibility index (Phi) is 4.25. The Morgan fingerprint density at radius 2 is 2.05 bits per heavy atom. The number of amides is 1. The summed E-state index contributed by atoms with van der Waals surface area (Å²) < 4.78 is 0. The molecule has 1 aromatic carbocycles. The van der Waals surface area contributed by atoms with Gasteiger partial charge in [-0.05, 0) is 18.9 Å². The number of halogens is 1. The Morgan fingerprint density at radius 1 is 1.40 bits per heavy atom. The number of benzene rings is 1. The first-order chi connectivity index (χ1) is 9.46. The van der Waals surface area contributed by atoms with Crippen LogP contribution < -0.4 is 5.32 Å². The Labute approximate surface area is 120 Å². The standard InChI is InChI=1S/C13H15ClN2O4/c14-10-5-9(6-11(7-10)16(19)20)12(18)15-13(8-17)3-1-2-4-13/h5-7,17H,1-4,8H2,(H,15,18). The Balaban J connectivity index is 2.22. The van der Waals surface area contributed by atoms with E-state index in [0.29, 0.717) is 12.8 Å². The van der Waals surface area contributed by atoms with Gasteiger partial charge in [0.05, 0.1) is 17.1 Å². The highest BCUT2D eigenvalue weighted by Crippen LogP contribution is 2.30. The van der Waals surface area contributed by atoms with Crippen molar-refractivity contribution in [1.29, 1.82) is 0 Å². The SMILES string of the molecule is O=C(NC1(CO)CCCC1)c1cc(Cl)cc([N+](=O)[O-])c1. The number of carbonyl (C=O) groups is 1. The fourth-order valence-electron chi connectivity index (χ4n) is 2.50. The van der Waals surface area contributed by atoms with Gasteiger partial charge in [0.15, 0.2) is 0 Å². The summed E-state index contributed by atoms with van der Waals surface area (Å²) >= 11 is 5.79. The fourth-order valence-corrected chi connectivity index (χ4v) is 2.73. The number of nitro benzene ring substituents is 1. The lowest BCUT2D eigenvalue weighted by Crippen LogP contribution is -2.49. The molecule has 108 valence electrons. The Bertz CT molecular complexity index is 541. The molecule has 0 radical (unpaired) electrons. The minimum atomic E-state index is -0.617. The van der Waals surface area contributed by atoms with Crippen molar-refractivity contribution in [1.82, 2.24) is 5.32 Å². The van der Waals surface area contributed by atoms with Crippen LogP contribution in [0.15, 0.2) is 18.2 Å². The molecule has 2 rings (SSSR count). The smallest absolute Gasteiger partial charge is 0.271 e. The number of hydrogen-bond acceptors (Lipinski definition) is 4. The topological polar surface area (TPSA) is 92.5 Å². The number of aliphatic hydroxyl groups is 1. The van der Waals surface area contributed by atoms with Gasteiger partial charge in [-0.2, -0.15) is 0 Å². The second-order valence-electron chi connectivity index (χ2n) is 5.05. The lowest BCUT2D eigenvalue weighted by Gasteiger charge is -2.27. The van der Waals surface area contributed by atoms with Crippen LogP contribution in [0.3, 0.4) is 0 Å². The van der Waals surface area contributed by atoms with E-state index in [2.05, 4.69) is 5.32 Å². The van der Waals surface area contributed by atoms with E-state index in [1.165, 1.54) is 18.2 Å². The van der Waals surface area contributed by atoms with Crippen LogP contribution in [0.4, 0.5) is 5.69 Å². The largest absolute Gasteiger partial charge is 0.394 e. The van der Waals surface area contributed by atoms with E-state index in [1.807, 2.05) is 0 Å². The number of rotatable bonds is 4. The number of carbonyl (C=O) groups excluding carboxylic acids is 1. The third-order valence-electron chi connectivity index (χ3n) is 3.60. The second-order valence-corrected chi connectivity index (χ2v) is 5.49. The van der Waals surface area contributed by atoms with Gasteiger partial charge in [0.1, 0.15) is 0 Å². The van der Waals surface area contributed by atoms with Crippen LogP contribution >= 0.6 is 11.6 Å². The summed E-state index contributed by atoms with van der Waals surface area (Å²) in [5, 5.41) is 23.1. The molecule has 1 aromatic rings. The van der Waals surface area contributed by atoms with E-state index in [-0.39, 0.29) is 22.9 Å². The third-order valence-corrected chi connectivity index (χ3v) is 3.82. The molecule has 1 amide bonds. The molecule has 1 fully saturated rings. The summed E-state index contributed by atoms with van der Waals surface area (Å²) in [7, 11) is 0. The van der Waals surface area contributed by atoms with E-state index in [9.17, 15) is 20.0 Å². The van der Waals surface area contributed by atoms with Crippen LogP contribution in [0, 0.1) is 10.1 Å². The fraction of sp³-hybridized carbons (Fsp3) is 0.462.